The van der Waals surface area contributed by atoms with Crippen molar-refractivity contribution in [3.8, 4) is 11.5 Å². The lowest BCUT2D eigenvalue weighted by molar-refractivity contribution is 0.0731. The monoisotopic (exact) mass is 380 g/mol. The molecule has 0 aliphatic rings. The summed E-state index contributed by atoms with van der Waals surface area (Å²) in [6, 6.07) is 20.6. The fourth-order valence-electron chi connectivity index (χ4n) is 2.28. The molecule has 0 aliphatic heterocycles. The first-order valence-electron chi connectivity index (χ1n) is 7.92. The molecular formula is C21H13ClO5. The average molecular weight is 381 g/mol. The van der Waals surface area contributed by atoms with Crippen molar-refractivity contribution in [3.63, 3.8) is 0 Å². The van der Waals surface area contributed by atoms with Crippen LogP contribution in [-0.2, 0) is 0 Å². The highest BCUT2D eigenvalue weighted by Gasteiger charge is 2.15. The Morgan fingerprint density at radius 3 is 1.37 bits per heavy atom. The van der Waals surface area contributed by atoms with Gasteiger partial charge in [0.25, 0.3) is 5.24 Å². The third-order valence-corrected chi connectivity index (χ3v) is 3.77. The second-order valence-corrected chi connectivity index (χ2v) is 5.82. The lowest BCUT2D eigenvalue weighted by Gasteiger charge is -2.09. The van der Waals surface area contributed by atoms with Crippen LogP contribution in [0.15, 0.2) is 78.9 Å². The van der Waals surface area contributed by atoms with Gasteiger partial charge in [0.05, 0.1) is 11.1 Å². The van der Waals surface area contributed by atoms with Gasteiger partial charge < -0.3 is 9.47 Å². The first-order valence-corrected chi connectivity index (χ1v) is 8.30. The largest absolute Gasteiger partial charge is 0.423 e. The third-order valence-electron chi connectivity index (χ3n) is 3.55. The van der Waals surface area contributed by atoms with Gasteiger partial charge in [-0.3, -0.25) is 4.79 Å². The van der Waals surface area contributed by atoms with Crippen LogP contribution < -0.4 is 9.47 Å². The van der Waals surface area contributed by atoms with Gasteiger partial charge in [-0.1, -0.05) is 36.4 Å². The zero-order chi connectivity index (χ0) is 19.2. The number of hydrogen-bond acceptors (Lipinski definition) is 5. The van der Waals surface area contributed by atoms with Crippen LogP contribution in [-0.4, -0.2) is 17.2 Å². The number of ether oxygens (including phenoxy) is 2. The highest BCUT2D eigenvalue weighted by Crippen LogP contribution is 2.25. The van der Waals surface area contributed by atoms with E-state index in [-0.39, 0.29) is 17.1 Å². The van der Waals surface area contributed by atoms with E-state index >= 15 is 0 Å². The van der Waals surface area contributed by atoms with Gasteiger partial charge in [-0.05, 0) is 48.0 Å². The number of esters is 2. The molecule has 0 radical (unpaired) electrons. The molecule has 3 aromatic carbocycles. The Labute approximate surface area is 160 Å². The fourth-order valence-corrected chi connectivity index (χ4v) is 2.39. The van der Waals surface area contributed by atoms with E-state index in [4.69, 9.17) is 21.1 Å². The molecule has 0 spiro atoms. The molecule has 27 heavy (non-hydrogen) atoms. The normalized spacial score (nSPS) is 10.1. The van der Waals surface area contributed by atoms with Crippen molar-refractivity contribution >= 4 is 28.8 Å². The SMILES string of the molecule is O=C(Cl)c1cc(OC(=O)c2ccccc2)cc(OC(=O)c2ccccc2)c1. The fraction of sp³-hybridized carbons (Fsp3) is 0. The summed E-state index contributed by atoms with van der Waals surface area (Å²) in [5.41, 5.74) is 0.705. The molecule has 5 nitrogen and oxygen atoms in total. The summed E-state index contributed by atoms with van der Waals surface area (Å²) in [6.45, 7) is 0. The molecule has 0 bridgehead atoms. The molecule has 0 heterocycles. The Kier molecular flexibility index (Phi) is 5.64. The topological polar surface area (TPSA) is 69.7 Å². The van der Waals surface area contributed by atoms with Crippen molar-refractivity contribution in [1.82, 2.24) is 0 Å². The van der Waals surface area contributed by atoms with E-state index in [1.807, 2.05) is 0 Å². The Morgan fingerprint density at radius 1 is 0.593 bits per heavy atom. The van der Waals surface area contributed by atoms with Gasteiger partial charge in [0.2, 0.25) is 0 Å². The summed E-state index contributed by atoms with van der Waals surface area (Å²) in [4.78, 5) is 36.0. The van der Waals surface area contributed by atoms with Gasteiger partial charge >= 0.3 is 11.9 Å². The number of carbonyl (C=O) groups excluding carboxylic acids is 3. The van der Waals surface area contributed by atoms with Gasteiger partial charge in [-0.15, -0.1) is 0 Å². The standard InChI is InChI=1S/C21H13ClO5/c22-19(23)16-11-17(26-20(24)14-7-3-1-4-8-14)13-18(12-16)27-21(25)15-9-5-2-6-10-15/h1-13H. The molecule has 0 atom stereocenters. The molecule has 0 fully saturated rings. The zero-order valence-corrected chi connectivity index (χ0v) is 14.7. The van der Waals surface area contributed by atoms with Crippen LogP contribution in [0.5, 0.6) is 11.5 Å². The summed E-state index contributed by atoms with van der Waals surface area (Å²) in [7, 11) is 0. The first kappa shape index (κ1) is 18.4. The minimum absolute atomic E-state index is 0.0332. The molecule has 3 rings (SSSR count). The quantitative estimate of drug-likeness (QED) is 0.370. The number of rotatable bonds is 5. The smallest absolute Gasteiger partial charge is 0.343 e. The molecule has 0 unspecified atom stereocenters. The summed E-state index contributed by atoms with van der Waals surface area (Å²) in [5.74, 6) is -1.16. The van der Waals surface area contributed by atoms with Crippen LogP contribution in [0.25, 0.3) is 0 Å². The Morgan fingerprint density at radius 2 is 1.00 bits per heavy atom. The molecule has 0 saturated heterocycles. The van der Waals surface area contributed by atoms with Gasteiger partial charge in [0, 0.05) is 11.6 Å². The second kappa shape index (κ2) is 8.29. The molecule has 0 N–H and O–H groups in total. The predicted octanol–water partition coefficient (Wildman–Crippen LogP) is 4.50. The molecule has 0 aromatic heterocycles. The van der Waals surface area contributed by atoms with Crippen molar-refractivity contribution in [2.45, 2.75) is 0 Å². The number of halogens is 1. The van der Waals surface area contributed by atoms with Crippen LogP contribution in [0.3, 0.4) is 0 Å². The van der Waals surface area contributed by atoms with Gasteiger partial charge in [0.1, 0.15) is 11.5 Å². The average Bonchev–Trinajstić information content (AvgIpc) is 2.69. The van der Waals surface area contributed by atoms with Crippen molar-refractivity contribution in [1.29, 1.82) is 0 Å². The van der Waals surface area contributed by atoms with Crippen molar-refractivity contribution in [2.75, 3.05) is 0 Å². The highest BCUT2D eigenvalue weighted by atomic mass is 35.5. The van der Waals surface area contributed by atoms with Crippen LogP contribution >= 0.6 is 11.6 Å². The Balaban J connectivity index is 1.85. The first-order chi connectivity index (χ1) is 13.0. The van der Waals surface area contributed by atoms with Gasteiger partial charge in [-0.2, -0.15) is 0 Å². The van der Waals surface area contributed by atoms with Gasteiger partial charge in [-0.25, -0.2) is 9.59 Å². The third kappa shape index (κ3) is 4.80. The van der Waals surface area contributed by atoms with E-state index in [9.17, 15) is 14.4 Å². The maximum absolute atomic E-state index is 12.2. The molecule has 6 heteroatoms. The Hall–Kier alpha value is -3.44. The minimum Gasteiger partial charge on any atom is -0.423 e. The molecule has 0 aliphatic carbocycles. The maximum atomic E-state index is 12.2. The van der Waals surface area contributed by atoms with Gasteiger partial charge in [0.15, 0.2) is 0 Å². The summed E-state index contributed by atoms with van der Waals surface area (Å²) < 4.78 is 10.6. The van der Waals surface area contributed by atoms with E-state index in [1.54, 1.807) is 60.7 Å². The molecule has 3 aromatic rings. The van der Waals surface area contributed by atoms with Crippen LogP contribution in [0.1, 0.15) is 31.1 Å². The summed E-state index contributed by atoms with van der Waals surface area (Å²) >= 11 is 5.53. The van der Waals surface area contributed by atoms with Crippen LogP contribution in [0.4, 0.5) is 0 Å². The van der Waals surface area contributed by atoms with Crippen LogP contribution in [0.2, 0.25) is 0 Å². The Bertz CT molecular complexity index is 912. The number of hydrogen-bond donors (Lipinski definition) is 0. The van der Waals surface area contributed by atoms with Crippen molar-refractivity contribution in [3.05, 3.63) is 95.6 Å². The molecule has 134 valence electrons. The predicted molar refractivity (Wildman–Crippen MR) is 99.4 cm³/mol. The summed E-state index contributed by atoms with van der Waals surface area (Å²) in [6.07, 6.45) is 0. The molecule has 0 saturated carbocycles. The van der Waals surface area contributed by atoms with E-state index in [1.165, 1.54) is 18.2 Å². The van der Waals surface area contributed by atoms with E-state index in [0.29, 0.717) is 11.1 Å². The van der Waals surface area contributed by atoms with E-state index in [2.05, 4.69) is 0 Å². The van der Waals surface area contributed by atoms with Crippen LogP contribution in [0, 0.1) is 0 Å². The minimum atomic E-state index is -0.773. The lowest BCUT2D eigenvalue weighted by atomic mass is 10.2. The number of benzene rings is 3. The zero-order valence-electron chi connectivity index (χ0n) is 13.9. The molecular weight excluding hydrogens is 368 g/mol. The van der Waals surface area contributed by atoms with E-state index < -0.39 is 17.2 Å². The highest BCUT2D eigenvalue weighted by molar-refractivity contribution is 6.67. The lowest BCUT2D eigenvalue weighted by Crippen LogP contribution is -2.11. The van der Waals surface area contributed by atoms with Crippen molar-refractivity contribution < 1.29 is 23.9 Å². The van der Waals surface area contributed by atoms with Crippen molar-refractivity contribution in [2.24, 2.45) is 0 Å². The van der Waals surface area contributed by atoms with E-state index in [0.717, 1.165) is 0 Å². The summed E-state index contributed by atoms with van der Waals surface area (Å²) in [5, 5.41) is -0.773. The second-order valence-electron chi connectivity index (χ2n) is 5.48. The molecule has 0 amide bonds. The maximum Gasteiger partial charge on any atom is 0.343 e. The number of carbonyl (C=O) groups is 3.